The fraction of sp³-hybridized carbons (Fsp3) is 0.538. The zero-order chi connectivity index (χ0) is 16.1. The molecule has 0 saturated carbocycles. The van der Waals surface area contributed by atoms with E-state index < -0.39 is 29.9 Å². The quantitative estimate of drug-likeness (QED) is 0.620. The molecule has 8 heteroatoms. The van der Waals surface area contributed by atoms with E-state index in [-0.39, 0.29) is 6.54 Å². The maximum absolute atomic E-state index is 13.2. The number of imidazole rings is 1. The van der Waals surface area contributed by atoms with Crippen LogP contribution in [0.15, 0.2) is 24.5 Å². The molecule has 0 aliphatic heterocycles. The number of alkyl halides is 3. The van der Waals surface area contributed by atoms with E-state index >= 15 is 0 Å². The Morgan fingerprint density at radius 2 is 2.19 bits per heavy atom. The molecule has 0 radical (unpaired) electrons. The van der Waals surface area contributed by atoms with Gasteiger partial charge in [-0.1, -0.05) is 12.2 Å². The van der Waals surface area contributed by atoms with Gasteiger partial charge in [0.05, 0.1) is 6.42 Å². The van der Waals surface area contributed by atoms with Gasteiger partial charge in [-0.25, -0.2) is 4.98 Å². The minimum absolute atomic E-state index is 0.206. The number of amides is 1. The van der Waals surface area contributed by atoms with E-state index in [0.717, 1.165) is 10.8 Å². The molecular formula is C13H18F3N3O2. The van der Waals surface area contributed by atoms with Crippen molar-refractivity contribution >= 4 is 5.91 Å². The molecule has 2 N–H and O–H groups in total. The lowest BCUT2D eigenvalue weighted by molar-refractivity contribution is -0.271. The number of nitrogens with zero attached hydrogens (tertiary/aromatic N) is 2. The summed E-state index contributed by atoms with van der Waals surface area (Å²) in [5, 5.41) is 12.3. The van der Waals surface area contributed by atoms with E-state index in [9.17, 15) is 23.1 Å². The molecule has 5 nitrogen and oxygen atoms in total. The Morgan fingerprint density at radius 3 is 2.67 bits per heavy atom. The Bertz CT molecular complexity index is 511. The average Bonchev–Trinajstić information content (AvgIpc) is 2.80. The topological polar surface area (TPSA) is 67.2 Å². The number of aliphatic hydroxyl groups is 1. The van der Waals surface area contributed by atoms with Crippen molar-refractivity contribution in [3.8, 4) is 0 Å². The molecule has 0 fully saturated rings. The number of hydrogen-bond acceptors (Lipinski definition) is 3. The SMILES string of the molecule is CC=CCCNC(=O)CC(O)(c1nccn1C)C(F)(F)F. The minimum Gasteiger partial charge on any atom is -0.374 e. The monoisotopic (exact) mass is 305 g/mol. The van der Waals surface area contributed by atoms with Gasteiger partial charge in [-0.2, -0.15) is 13.2 Å². The van der Waals surface area contributed by atoms with Crippen LogP contribution in [0.5, 0.6) is 0 Å². The van der Waals surface area contributed by atoms with Gasteiger partial charge in [-0.3, -0.25) is 4.79 Å². The Hall–Kier alpha value is -1.83. The van der Waals surface area contributed by atoms with E-state index in [1.807, 2.05) is 0 Å². The molecule has 1 amide bonds. The summed E-state index contributed by atoms with van der Waals surface area (Å²) in [6.45, 7) is 2.00. The molecule has 0 spiro atoms. The molecule has 0 bridgehead atoms. The summed E-state index contributed by atoms with van der Waals surface area (Å²) in [5.41, 5.74) is -3.31. The van der Waals surface area contributed by atoms with Gasteiger partial charge in [0.2, 0.25) is 11.5 Å². The Morgan fingerprint density at radius 1 is 1.52 bits per heavy atom. The normalized spacial score (nSPS) is 15.1. The molecule has 1 aromatic heterocycles. The Kier molecular flexibility index (Phi) is 5.54. The van der Waals surface area contributed by atoms with E-state index in [1.165, 1.54) is 13.2 Å². The van der Waals surface area contributed by atoms with Crippen molar-refractivity contribution in [2.24, 2.45) is 7.05 Å². The number of hydrogen-bond donors (Lipinski definition) is 2. The van der Waals surface area contributed by atoms with Gasteiger partial charge in [0, 0.05) is 26.0 Å². The van der Waals surface area contributed by atoms with E-state index in [2.05, 4.69) is 10.3 Å². The highest BCUT2D eigenvalue weighted by molar-refractivity contribution is 5.77. The molecule has 21 heavy (non-hydrogen) atoms. The van der Waals surface area contributed by atoms with Gasteiger partial charge in [0.1, 0.15) is 0 Å². The van der Waals surface area contributed by atoms with Crippen LogP contribution in [-0.4, -0.2) is 33.3 Å². The van der Waals surface area contributed by atoms with E-state index in [1.54, 1.807) is 19.1 Å². The first-order valence-electron chi connectivity index (χ1n) is 6.37. The summed E-state index contributed by atoms with van der Waals surface area (Å²) in [6.07, 6.45) is 0.326. The Labute approximate surface area is 120 Å². The third-order valence-electron chi connectivity index (χ3n) is 2.95. The molecule has 0 aromatic carbocycles. The molecule has 0 aliphatic rings. The van der Waals surface area contributed by atoms with Gasteiger partial charge < -0.3 is 15.0 Å². The zero-order valence-corrected chi connectivity index (χ0v) is 11.8. The highest BCUT2D eigenvalue weighted by Gasteiger charge is 2.58. The second-order valence-electron chi connectivity index (χ2n) is 4.60. The summed E-state index contributed by atoms with van der Waals surface area (Å²) < 4.78 is 40.5. The first-order chi connectivity index (χ1) is 9.72. The lowest BCUT2D eigenvalue weighted by Crippen LogP contribution is -2.47. The number of nitrogens with one attached hydrogen (secondary N) is 1. The molecule has 118 valence electrons. The standard InChI is InChI=1S/C13H18F3N3O2/c1-3-4-5-6-17-10(20)9-12(21,13(14,15)16)11-18-7-8-19(11)2/h3-4,7-8,21H,5-6,9H2,1-2H3,(H,17,20). The van der Waals surface area contributed by atoms with Crippen LogP contribution in [0.4, 0.5) is 13.2 Å². The third kappa shape index (κ3) is 4.07. The molecule has 1 unspecified atom stereocenters. The van der Waals surface area contributed by atoms with Gasteiger partial charge in [0.15, 0.2) is 5.82 Å². The van der Waals surface area contributed by atoms with Crippen molar-refractivity contribution in [3.05, 3.63) is 30.4 Å². The summed E-state index contributed by atoms with van der Waals surface area (Å²) in [6, 6.07) is 0. The zero-order valence-electron chi connectivity index (χ0n) is 11.8. The first-order valence-corrected chi connectivity index (χ1v) is 6.37. The number of aromatic nitrogens is 2. The number of carbonyl (C=O) groups is 1. The molecule has 0 saturated heterocycles. The summed E-state index contributed by atoms with van der Waals surface area (Å²) in [4.78, 5) is 15.2. The highest BCUT2D eigenvalue weighted by atomic mass is 19.4. The molecule has 1 atom stereocenters. The van der Waals surface area contributed by atoms with Gasteiger partial charge in [-0.05, 0) is 13.3 Å². The van der Waals surface area contributed by atoms with E-state index in [4.69, 9.17) is 0 Å². The van der Waals surface area contributed by atoms with Crippen molar-refractivity contribution in [2.45, 2.75) is 31.5 Å². The van der Waals surface area contributed by atoms with Crippen LogP contribution < -0.4 is 5.32 Å². The summed E-state index contributed by atoms with van der Waals surface area (Å²) in [5.74, 6) is -1.50. The second kappa shape index (κ2) is 6.75. The van der Waals surface area contributed by atoms with Crippen molar-refractivity contribution < 1.29 is 23.1 Å². The molecular weight excluding hydrogens is 287 g/mol. The molecule has 1 aromatic rings. The smallest absolute Gasteiger partial charge is 0.374 e. The highest BCUT2D eigenvalue weighted by Crippen LogP contribution is 2.40. The van der Waals surface area contributed by atoms with Gasteiger partial charge in [0.25, 0.3) is 0 Å². The van der Waals surface area contributed by atoms with Crippen molar-refractivity contribution in [1.82, 2.24) is 14.9 Å². The predicted octanol–water partition coefficient (Wildman–Crippen LogP) is 1.64. The lowest BCUT2D eigenvalue weighted by Gasteiger charge is -2.29. The largest absolute Gasteiger partial charge is 0.425 e. The molecule has 1 heterocycles. The fourth-order valence-electron chi connectivity index (χ4n) is 1.83. The summed E-state index contributed by atoms with van der Waals surface area (Å²) >= 11 is 0. The van der Waals surface area contributed by atoms with Crippen LogP contribution >= 0.6 is 0 Å². The van der Waals surface area contributed by atoms with Gasteiger partial charge in [-0.15, -0.1) is 0 Å². The first kappa shape index (κ1) is 17.2. The minimum atomic E-state index is -5.01. The fourth-order valence-corrected chi connectivity index (χ4v) is 1.83. The van der Waals surface area contributed by atoms with Crippen LogP contribution in [0, 0.1) is 0 Å². The molecule has 1 rings (SSSR count). The van der Waals surface area contributed by atoms with Crippen molar-refractivity contribution in [2.75, 3.05) is 6.54 Å². The number of halogens is 3. The van der Waals surface area contributed by atoms with Crippen LogP contribution in [0.1, 0.15) is 25.6 Å². The van der Waals surface area contributed by atoms with Crippen molar-refractivity contribution in [3.63, 3.8) is 0 Å². The number of allylic oxidation sites excluding steroid dienone is 1. The third-order valence-corrected chi connectivity index (χ3v) is 2.95. The number of rotatable bonds is 6. The van der Waals surface area contributed by atoms with Crippen LogP contribution in [0.2, 0.25) is 0 Å². The maximum atomic E-state index is 13.2. The van der Waals surface area contributed by atoms with Crippen molar-refractivity contribution in [1.29, 1.82) is 0 Å². The second-order valence-corrected chi connectivity index (χ2v) is 4.60. The van der Waals surface area contributed by atoms with Crippen LogP contribution in [-0.2, 0) is 17.4 Å². The summed E-state index contributed by atoms with van der Waals surface area (Å²) in [7, 11) is 1.32. The lowest BCUT2D eigenvalue weighted by atomic mass is 9.97. The van der Waals surface area contributed by atoms with E-state index in [0.29, 0.717) is 6.42 Å². The predicted molar refractivity (Wildman–Crippen MR) is 70.2 cm³/mol. The molecule has 0 aliphatic carbocycles. The average molecular weight is 305 g/mol. The number of aryl methyl sites for hydroxylation is 1. The Balaban J connectivity index is 2.86. The van der Waals surface area contributed by atoms with Crippen LogP contribution in [0.3, 0.4) is 0 Å². The number of carbonyl (C=O) groups excluding carboxylic acids is 1. The maximum Gasteiger partial charge on any atom is 0.425 e. The van der Waals surface area contributed by atoms with Gasteiger partial charge >= 0.3 is 6.18 Å². The van der Waals surface area contributed by atoms with Crippen LogP contribution in [0.25, 0.3) is 0 Å².